The van der Waals surface area contributed by atoms with E-state index in [1.54, 1.807) is 36.5 Å². The monoisotopic (exact) mass is 434 g/mol. The molecule has 0 fully saturated rings. The van der Waals surface area contributed by atoms with Crippen LogP contribution in [0.4, 0.5) is 5.69 Å². The predicted molar refractivity (Wildman–Crippen MR) is 113 cm³/mol. The standard InChI is InChI=1S/C20H10Cl4N2O/c21-13-3-1-12(16(23)8-13)10-25-14-4-6-19-18(9-14)26-20(27-19)11-2-5-15(22)17(24)7-11/h1-10H. The van der Waals surface area contributed by atoms with Crippen molar-refractivity contribution in [3.05, 3.63) is 80.3 Å². The van der Waals surface area contributed by atoms with Gasteiger partial charge in [0.25, 0.3) is 0 Å². The Hall–Kier alpha value is -2.04. The number of halogens is 4. The molecular formula is C20H10Cl4N2O. The zero-order valence-electron chi connectivity index (χ0n) is 13.6. The van der Waals surface area contributed by atoms with E-state index in [9.17, 15) is 0 Å². The molecule has 0 bridgehead atoms. The number of fused-ring (bicyclic) bond motifs is 1. The summed E-state index contributed by atoms with van der Waals surface area (Å²) in [5.41, 5.74) is 3.59. The Morgan fingerprint density at radius 2 is 1.67 bits per heavy atom. The van der Waals surface area contributed by atoms with Gasteiger partial charge in [-0.25, -0.2) is 4.98 Å². The van der Waals surface area contributed by atoms with Gasteiger partial charge in [-0.05, 0) is 48.5 Å². The van der Waals surface area contributed by atoms with Crippen molar-refractivity contribution in [2.75, 3.05) is 0 Å². The van der Waals surface area contributed by atoms with Crippen molar-refractivity contribution in [3.8, 4) is 11.5 Å². The van der Waals surface area contributed by atoms with Crippen LogP contribution >= 0.6 is 46.4 Å². The molecule has 4 rings (SSSR count). The fourth-order valence-corrected chi connectivity index (χ4v) is 3.25. The molecule has 0 aliphatic heterocycles. The molecule has 0 aliphatic rings. The van der Waals surface area contributed by atoms with Crippen LogP contribution in [0.3, 0.4) is 0 Å². The summed E-state index contributed by atoms with van der Waals surface area (Å²) in [5.74, 6) is 0.463. The molecule has 0 spiro atoms. The van der Waals surface area contributed by atoms with Crippen LogP contribution < -0.4 is 0 Å². The van der Waals surface area contributed by atoms with E-state index >= 15 is 0 Å². The number of aliphatic imine (C=N–C) groups is 1. The fraction of sp³-hybridized carbons (Fsp3) is 0. The smallest absolute Gasteiger partial charge is 0.227 e. The summed E-state index contributed by atoms with van der Waals surface area (Å²) in [7, 11) is 0. The Kier molecular flexibility index (Phi) is 5.11. The third-order valence-corrected chi connectivity index (χ3v) is 5.15. The van der Waals surface area contributed by atoms with Crippen LogP contribution in [0, 0.1) is 0 Å². The van der Waals surface area contributed by atoms with E-state index in [1.165, 1.54) is 0 Å². The molecule has 0 aliphatic carbocycles. The first kappa shape index (κ1) is 18.3. The third kappa shape index (κ3) is 3.97. The van der Waals surface area contributed by atoms with Gasteiger partial charge in [-0.15, -0.1) is 0 Å². The largest absolute Gasteiger partial charge is 0.436 e. The molecule has 0 atom stereocenters. The number of hydrogen-bond acceptors (Lipinski definition) is 3. The molecule has 0 N–H and O–H groups in total. The summed E-state index contributed by atoms with van der Waals surface area (Å²) >= 11 is 24.1. The molecule has 0 saturated heterocycles. The molecule has 0 saturated carbocycles. The average Bonchev–Trinajstić information content (AvgIpc) is 3.06. The minimum Gasteiger partial charge on any atom is -0.436 e. The highest BCUT2D eigenvalue weighted by atomic mass is 35.5. The van der Waals surface area contributed by atoms with Crippen molar-refractivity contribution >= 4 is 69.4 Å². The highest BCUT2D eigenvalue weighted by Crippen LogP contribution is 2.31. The second-order valence-electron chi connectivity index (χ2n) is 5.72. The lowest BCUT2D eigenvalue weighted by molar-refractivity contribution is 0.620. The molecule has 1 heterocycles. The first-order valence-electron chi connectivity index (χ1n) is 7.85. The van der Waals surface area contributed by atoms with Crippen LogP contribution in [-0.2, 0) is 0 Å². The molecule has 1 aromatic heterocycles. The average molecular weight is 436 g/mol. The maximum absolute atomic E-state index is 6.16. The van der Waals surface area contributed by atoms with Crippen LogP contribution in [0.1, 0.15) is 5.56 Å². The lowest BCUT2D eigenvalue weighted by Gasteiger charge is -1.98. The number of hydrogen-bond donors (Lipinski definition) is 0. The van der Waals surface area contributed by atoms with Gasteiger partial charge in [0.1, 0.15) is 5.52 Å². The van der Waals surface area contributed by atoms with Gasteiger partial charge in [0.05, 0.1) is 20.8 Å². The number of nitrogens with zero attached hydrogens (tertiary/aromatic N) is 2. The van der Waals surface area contributed by atoms with Crippen molar-refractivity contribution in [2.24, 2.45) is 4.99 Å². The lowest BCUT2D eigenvalue weighted by Crippen LogP contribution is -1.82. The molecule has 134 valence electrons. The van der Waals surface area contributed by atoms with Gasteiger partial charge in [0.2, 0.25) is 5.89 Å². The topological polar surface area (TPSA) is 38.4 Å². The van der Waals surface area contributed by atoms with Gasteiger partial charge in [-0.2, -0.15) is 0 Å². The highest BCUT2D eigenvalue weighted by molar-refractivity contribution is 6.42. The molecule has 0 amide bonds. The Morgan fingerprint density at radius 1 is 0.815 bits per heavy atom. The van der Waals surface area contributed by atoms with E-state index < -0.39 is 0 Å². The first-order chi connectivity index (χ1) is 13.0. The van der Waals surface area contributed by atoms with Crippen molar-refractivity contribution in [1.82, 2.24) is 4.98 Å². The maximum Gasteiger partial charge on any atom is 0.227 e. The molecule has 0 radical (unpaired) electrons. The zero-order valence-corrected chi connectivity index (χ0v) is 16.6. The van der Waals surface area contributed by atoms with E-state index in [0.717, 1.165) is 16.8 Å². The summed E-state index contributed by atoms with van der Waals surface area (Å²) in [6.07, 6.45) is 1.68. The summed E-state index contributed by atoms with van der Waals surface area (Å²) < 4.78 is 5.80. The Labute approximate surface area is 175 Å². The van der Waals surface area contributed by atoms with Gasteiger partial charge in [-0.3, -0.25) is 4.99 Å². The van der Waals surface area contributed by atoms with Crippen molar-refractivity contribution in [2.45, 2.75) is 0 Å². The molecule has 7 heteroatoms. The molecule has 27 heavy (non-hydrogen) atoms. The van der Waals surface area contributed by atoms with Crippen LogP contribution in [0.2, 0.25) is 20.1 Å². The van der Waals surface area contributed by atoms with Gasteiger partial charge in [0.15, 0.2) is 5.58 Å². The third-order valence-electron chi connectivity index (χ3n) is 3.85. The first-order valence-corrected chi connectivity index (χ1v) is 9.36. The van der Waals surface area contributed by atoms with E-state index in [1.807, 2.05) is 24.3 Å². The van der Waals surface area contributed by atoms with Gasteiger partial charge < -0.3 is 4.42 Å². The Bertz CT molecular complexity index is 1180. The number of rotatable bonds is 3. The van der Waals surface area contributed by atoms with Crippen LogP contribution in [-0.4, -0.2) is 11.2 Å². The molecule has 4 aromatic rings. The molecule has 3 nitrogen and oxygen atoms in total. The molecule has 3 aromatic carbocycles. The Morgan fingerprint density at radius 3 is 2.44 bits per heavy atom. The van der Waals surface area contributed by atoms with E-state index in [2.05, 4.69) is 9.98 Å². The van der Waals surface area contributed by atoms with E-state index in [4.69, 9.17) is 50.8 Å². The summed E-state index contributed by atoms with van der Waals surface area (Å²) in [4.78, 5) is 8.96. The normalized spacial score (nSPS) is 11.6. The van der Waals surface area contributed by atoms with Crippen LogP contribution in [0.5, 0.6) is 0 Å². The van der Waals surface area contributed by atoms with Crippen LogP contribution in [0.15, 0.2) is 64.0 Å². The second kappa shape index (κ2) is 7.53. The van der Waals surface area contributed by atoms with Crippen molar-refractivity contribution in [3.63, 3.8) is 0 Å². The van der Waals surface area contributed by atoms with Gasteiger partial charge in [0, 0.05) is 22.4 Å². The number of oxazole rings is 1. The van der Waals surface area contributed by atoms with Gasteiger partial charge >= 0.3 is 0 Å². The molecular weight excluding hydrogens is 426 g/mol. The van der Waals surface area contributed by atoms with E-state index in [-0.39, 0.29) is 0 Å². The zero-order chi connectivity index (χ0) is 19.0. The minimum absolute atomic E-state index is 0.446. The fourth-order valence-electron chi connectivity index (χ4n) is 2.50. The summed E-state index contributed by atoms with van der Waals surface area (Å²) in [6, 6.07) is 16.0. The van der Waals surface area contributed by atoms with Crippen molar-refractivity contribution < 1.29 is 4.42 Å². The molecule has 0 unspecified atom stereocenters. The minimum atomic E-state index is 0.446. The highest BCUT2D eigenvalue weighted by Gasteiger charge is 2.10. The van der Waals surface area contributed by atoms with Gasteiger partial charge in [-0.1, -0.05) is 52.5 Å². The summed E-state index contributed by atoms with van der Waals surface area (Å²) in [6.45, 7) is 0. The SMILES string of the molecule is Clc1ccc(C=Nc2ccc3oc(-c4ccc(Cl)c(Cl)c4)nc3c2)c(Cl)c1. The number of benzene rings is 3. The second-order valence-corrected chi connectivity index (χ2v) is 7.38. The van der Waals surface area contributed by atoms with E-state index in [0.29, 0.717) is 37.1 Å². The maximum atomic E-state index is 6.16. The van der Waals surface area contributed by atoms with Crippen molar-refractivity contribution in [1.29, 1.82) is 0 Å². The Balaban J connectivity index is 1.66. The van der Waals surface area contributed by atoms with Crippen LogP contribution in [0.25, 0.3) is 22.6 Å². The quantitative estimate of drug-likeness (QED) is 0.307. The summed E-state index contributed by atoms with van der Waals surface area (Å²) in [5, 5.41) is 2.04. The predicted octanol–water partition coefficient (Wildman–Crippen LogP) is 7.86. The number of aromatic nitrogens is 1. The lowest BCUT2D eigenvalue weighted by atomic mass is 10.2.